The average molecular weight is 327 g/mol. The van der Waals surface area contributed by atoms with Gasteiger partial charge in [-0.3, -0.25) is 14.8 Å². The fraction of sp³-hybridized carbons (Fsp3) is 0.167. The normalized spacial score (nSPS) is 11.1. The summed E-state index contributed by atoms with van der Waals surface area (Å²) in [5.41, 5.74) is 0.496. The molecule has 21 heavy (non-hydrogen) atoms. The molecule has 0 unspecified atom stereocenters. The quantitative estimate of drug-likeness (QED) is 0.627. The van der Waals surface area contributed by atoms with Crippen LogP contribution in [-0.2, 0) is 10.0 Å². The molecule has 0 atom stereocenters. The summed E-state index contributed by atoms with van der Waals surface area (Å²) in [7, 11) is -3.81. The van der Waals surface area contributed by atoms with Crippen LogP contribution in [0, 0.1) is 10.1 Å². The van der Waals surface area contributed by atoms with Crippen LogP contribution in [0.4, 0.5) is 17.1 Å². The van der Waals surface area contributed by atoms with Crippen molar-refractivity contribution < 1.29 is 13.3 Å². The molecular weight excluding hydrogens is 314 g/mol. The van der Waals surface area contributed by atoms with Gasteiger partial charge in [0.05, 0.1) is 16.3 Å². The summed E-state index contributed by atoms with van der Waals surface area (Å²) in [5, 5.41) is 17.0. The first-order valence-corrected chi connectivity index (χ1v) is 8.44. The SMILES string of the molecule is CCNc1cc([N+](=O)[O-])ccc1S(=O)(=O)Nc1ccsc1. The van der Waals surface area contributed by atoms with Gasteiger partial charge in [-0.25, -0.2) is 8.42 Å². The predicted octanol–water partition coefficient (Wildman–Crippen LogP) is 2.89. The summed E-state index contributed by atoms with van der Waals surface area (Å²) in [6, 6.07) is 5.25. The fourth-order valence-corrected chi connectivity index (χ4v) is 3.60. The zero-order chi connectivity index (χ0) is 15.5. The van der Waals surface area contributed by atoms with Gasteiger partial charge in [-0.2, -0.15) is 11.3 Å². The van der Waals surface area contributed by atoms with E-state index < -0.39 is 14.9 Å². The van der Waals surface area contributed by atoms with Gasteiger partial charge in [0.2, 0.25) is 0 Å². The molecule has 0 aliphatic carbocycles. The molecule has 1 aromatic carbocycles. The fourth-order valence-electron chi connectivity index (χ4n) is 1.73. The van der Waals surface area contributed by atoms with Crippen LogP contribution >= 0.6 is 11.3 Å². The summed E-state index contributed by atoms with van der Waals surface area (Å²) in [5.74, 6) is 0. The van der Waals surface area contributed by atoms with Crippen molar-refractivity contribution >= 4 is 38.4 Å². The molecule has 0 aliphatic rings. The Hall–Kier alpha value is -2.13. The standard InChI is InChI=1S/C12H13N3O4S2/c1-2-13-11-7-10(15(16)17)3-4-12(11)21(18,19)14-9-5-6-20-8-9/h3-8,13-14H,2H2,1H3. The number of non-ortho nitro benzene ring substituents is 1. The number of rotatable bonds is 6. The van der Waals surface area contributed by atoms with E-state index >= 15 is 0 Å². The third kappa shape index (κ3) is 3.50. The number of nitrogens with zero attached hydrogens (tertiary/aromatic N) is 1. The first kappa shape index (κ1) is 15.3. The summed E-state index contributed by atoms with van der Waals surface area (Å²) < 4.78 is 27.2. The van der Waals surface area contributed by atoms with Crippen LogP contribution in [0.15, 0.2) is 39.9 Å². The third-order valence-corrected chi connectivity index (χ3v) is 4.73. The van der Waals surface area contributed by atoms with Gasteiger partial charge in [-0.15, -0.1) is 0 Å². The van der Waals surface area contributed by atoms with Crippen molar-refractivity contribution in [3.05, 3.63) is 45.1 Å². The number of hydrogen-bond donors (Lipinski definition) is 2. The molecular formula is C12H13N3O4S2. The monoisotopic (exact) mass is 327 g/mol. The minimum atomic E-state index is -3.81. The molecule has 0 saturated heterocycles. The van der Waals surface area contributed by atoms with E-state index in [0.717, 1.165) is 0 Å². The number of hydrogen-bond acceptors (Lipinski definition) is 6. The van der Waals surface area contributed by atoms with Crippen LogP contribution in [0.5, 0.6) is 0 Å². The van der Waals surface area contributed by atoms with E-state index in [2.05, 4.69) is 10.0 Å². The molecule has 0 aliphatic heterocycles. The first-order chi connectivity index (χ1) is 9.94. The predicted molar refractivity (Wildman–Crippen MR) is 82.4 cm³/mol. The highest BCUT2D eigenvalue weighted by molar-refractivity contribution is 7.92. The van der Waals surface area contributed by atoms with E-state index in [1.165, 1.54) is 29.5 Å². The Bertz CT molecular complexity index is 742. The van der Waals surface area contributed by atoms with Crippen LogP contribution in [-0.4, -0.2) is 19.9 Å². The van der Waals surface area contributed by atoms with E-state index in [0.29, 0.717) is 12.2 Å². The Morgan fingerprint density at radius 1 is 1.33 bits per heavy atom. The number of thiophene rings is 1. The molecule has 0 radical (unpaired) electrons. The highest BCUT2D eigenvalue weighted by Gasteiger charge is 2.21. The summed E-state index contributed by atoms with van der Waals surface area (Å²) in [6.07, 6.45) is 0. The van der Waals surface area contributed by atoms with E-state index in [1.54, 1.807) is 23.8 Å². The lowest BCUT2D eigenvalue weighted by atomic mass is 10.3. The van der Waals surface area contributed by atoms with Crippen LogP contribution in [0.3, 0.4) is 0 Å². The van der Waals surface area contributed by atoms with Gasteiger partial charge in [-0.1, -0.05) is 0 Å². The summed E-state index contributed by atoms with van der Waals surface area (Å²) in [6.45, 7) is 2.23. The number of nitrogens with one attached hydrogen (secondary N) is 2. The summed E-state index contributed by atoms with van der Waals surface area (Å²) >= 11 is 1.36. The number of nitro groups is 1. The maximum absolute atomic E-state index is 12.4. The molecule has 2 aromatic rings. The molecule has 0 saturated carbocycles. The highest BCUT2D eigenvalue weighted by atomic mass is 32.2. The maximum atomic E-state index is 12.4. The maximum Gasteiger partial charge on any atom is 0.271 e. The number of benzene rings is 1. The largest absolute Gasteiger partial charge is 0.384 e. The molecule has 7 nitrogen and oxygen atoms in total. The Kier molecular flexibility index (Phi) is 4.43. The van der Waals surface area contributed by atoms with Gasteiger partial charge in [0.15, 0.2) is 0 Å². The van der Waals surface area contributed by atoms with E-state index in [4.69, 9.17) is 0 Å². The van der Waals surface area contributed by atoms with Gasteiger partial charge in [0.1, 0.15) is 4.90 Å². The van der Waals surface area contributed by atoms with E-state index in [1.807, 2.05) is 0 Å². The topological polar surface area (TPSA) is 101 Å². The second-order valence-corrected chi connectivity index (χ2v) is 6.52. The van der Waals surface area contributed by atoms with Gasteiger partial charge < -0.3 is 5.32 Å². The molecule has 1 heterocycles. The van der Waals surface area contributed by atoms with Crippen LogP contribution in [0.2, 0.25) is 0 Å². The molecule has 0 spiro atoms. The van der Waals surface area contributed by atoms with E-state index in [-0.39, 0.29) is 16.3 Å². The number of sulfonamides is 1. The minimum Gasteiger partial charge on any atom is -0.384 e. The second kappa shape index (κ2) is 6.10. The molecule has 9 heteroatoms. The van der Waals surface area contributed by atoms with Crippen LogP contribution < -0.4 is 10.0 Å². The lowest BCUT2D eigenvalue weighted by Crippen LogP contribution is -2.15. The molecule has 0 amide bonds. The van der Waals surface area contributed by atoms with Gasteiger partial charge in [0, 0.05) is 24.1 Å². The number of anilines is 2. The average Bonchev–Trinajstić information content (AvgIpc) is 2.91. The Labute approximate surface area is 125 Å². The van der Waals surface area contributed by atoms with Crippen molar-refractivity contribution in [2.24, 2.45) is 0 Å². The third-order valence-electron chi connectivity index (χ3n) is 2.60. The van der Waals surface area contributed by atoms with Gasteiger partial charge >= 0.3 is 0 Å². The first-order valence-electron chi connectivity index (χ1n) is 6.01. The van der Waals surface area contributed by atoms with Crippen LogP contribution in [0.25, 0.3) is 0 Å². The van der Waals surface area contributed by atoms with Crippen molar-refractivity contribution in [1.82, 2.24) is 0 Å². The minimum absolute atomic E-state index is 0.0267. The van der Waals surface area contributed by atoms with E-state index in [9.17, 15) is 18.5 Å². The van der Waals surface area contributed by atoms with Crippen molar-refractivity contribution in [3.63, 3.8) is 0 Å². The Morgan fingerprint density at radius 2 is 2.10 bits per heavy atom. The smallest absolute Gasteiger partial charge is 0.271 e. The van der Waals surface area contributed by atoms with Crippen molar-refractivity contribution in [3.8, 4) is 0 Å². The van der Waals surface area contributed by atoms with Crippen molar-refractivity contribution in [2.45, 2.75) is 11.8 Å². The van der Waals surface area contributed by atoms with Gasteiger partial charge in [0.25, 0.3) is 15.7 Å². The Morgan fingerprint density at radius 3 is 2.67 bits per heavy atom. The van der Waals surface area contributed by atoms with Gasteiger partial charge in [-0.05, 0) is 24.4 Å². The van der Waals surface area contributed by atoms with Crippen molar-refractivity contribution in [1.29, 1.82) is 0 Å². The molecule has 0 fully saturated rings. The molecule has 1 aromatic heterocycles. The molecule has 2 rings (SSSR count). The molecule has 2 N–H and O–H groups in total. The highest BCUT2D eigenvalue weighted by Crippen LogP contribution is 2.28. The lowest BCUT2D eigenvalue weighted by Gasteiger charge is -2.12. The van der Waals surface area contributed by atoms with Crippen molar-refractivity contribution in [2.75, 3.05) is 16.6 Å². The Balaban J connectivity index is 2.44. The second-order valence-electron chi connectivity index (χ2n) is 4.09. The lowest BCUT2D eigenvalue weighted by molar-refractivity contribution is -0.384. The zero-order valence-corrected chi connectivity index (χ0v) is 12.7. The summed E-state index contributed by atoms with van der Waals surface area (Å²) in [4.78, 5) is 10.2. The van der Waals surface area contributed by atoms with Crippen LogP contribution in [0.1, 0.15) is 6.92 Å². The molecule has 0 bridgehead atoms. The zero-order valence-electron chi connectivity index (χ0n) is 11.1. The molecule has 112 valence electrons. The number of nitro benzene ring substituents is 1.